The number of benzene rings is 3. The van der Waals surface area contributed by atoms with Crippen molar-refractivity contribution in [1.29, 1.82) is 0 Å². The number of hydrogen-bond acceptors (Lipinski definition) is 6. The van der Waals surface area contributed by atoms with Crippen LogP contribution in [0.25, 0.3) is 5.57 Å². The molecule has 1 aliphatic carbocycles. The molecule has 6 nitrogen and oxygen atoms in total. The van der Waals surface area contributed by atoms with Crippen molar-refractivity contribution in [3.8, 4) is 5.75 Å². The van der Waals surface area contributed by atoms with Crippen molar-refractivity contribution < 1.29 is 24.1 Å². The summed E-state index contributed by atoms with van der Waals surface area (Å²) in [6, 6.07) is 24.6. The van der Waals surface area contributed by atoms with E-state index >= 15 is 0 Å². The molecule has 0 spiro atoms. The van der Waals surface area contributed by atoms with Gasteiger partial charge in [-0.3, -0.25) is 4.90 Å². The van der Waals surface area contributed by atoms with E-state index in [1.54, 1.807) is 6.92 Å². The van der Waals surface area contributed by atoms with Crippen LogP contribution in [0.3, 0.4) is 0 Å². The lowest BCUT2D eigenvalue weighted by Crippen LogP contribution is -2.38. The zero-order chi connectivity index (χ0) is 25.0. The fraction of sp³-hybridized carbons (Fsp3) is 0.300. The molecule has 0 aromatic heterocycles. The minimum Gasteiger partial charge on any atom is -0.492 e. The number of nitrogens with zero attached hydrogens (tertiary/aromatic N) is 1. The van der Waals surface area contributed by atoms with Gasteiger partial charge in [0.15, 0.2) is 0 Å². The van der Waals surface area contributed by atoms with Gasteiger partial charge in [0.2, 0.25) is 0 Å². The van der Waals surface area contributed by atoms with Crippen molar-refractivity contribution in [2.24, 2.45) is 0 Å². The highest BCUT2D eigenvalue weighted by Gasteiger charge is 2.49. The number of carbonyl (C=O) groups is 1. The van der Waals surface area contributed by atoms with E-state index in [0.29, 0.717) is 29.1 Å². The van der Waals surface area contributed by atoms with Gasteiger partial charge in [0.05, 0.1) is 25.4 Å². The minimum absolute atomic E-state index is 0.210. The van der Waals surface area contributed by atoms with E-state index < -0.39 is 11.6 Å². The van der Waals surface area contributed by atoms with Crippen LogP contribution < -0.4 is 4.74 Å². The molecule has 0 bridgehead atoms. The third-order valence-electron chi connectivity index (χ3n) is 6.78. The van der Waals surface area contributed by atoms with Crippen molar-refractivity contribution in [1.82, 2.24) is 4.90 Å². The van der Waals surface area contributed by atoms with Gasteiger partial charge in [-0.15, -0.1) is 0 Å². The van der Waals surface area contributed by atoms with E-state index in [9.17, 15) is 9.90 Å². The number of hydrogen-bond donors (Lipinski definition) is 1. The topological polar surface area (TPSA) is 68.2 Å². The Bertz CT molecular complexity index is 1230. The van der Waals surface area contributed by atoms with Crippen LogP contribution in [0.4, 0.5) is 0 Å². The maximum Gasteiger partial charge on any atom is 0.338 e. The molecule has 186 valence electrons. The van der Waals surface area contributed by atoms with E-state index in [2.05, 4.69) is 4.90 Å². The van der Waals surface area contributed by atoms with Crippen molar-refractivity contribution in [2.75, 3.05) is 46.1 Å². The summed E-state index contributed by atoms with van der Waals surface area (Å²) in [7, 11) is 0. The Balaban J connectivity index is 1.58. The van der Waals surface area contributed by atoms with Crippen molar-refractivity contribution in [2.45, 2.75) is 12.5 Å². The number of ether oxygens (including phenoxy) is 3. The largest absolute Gasteiger partial charge is 0.492 e. The van der Waals surface area contributed by atoms with Gasteiger partial charge in [0.25, 0.3) is 0 Å². The number of rotatable bonds is 8. The Morgan fingerprint density at radius 3 is 2.39 bits per heavy atom. The average molecular weight is 486 g/mol. The van der Waals surface area contributed by atoms with Crippen molar-refractivity contribution in [3.63, 3.8) is 0 Å². The van der Waals surface area contributed by atoms with Crippen LogP contribution in [0.5, 0.6) is 5.75 Å². The lowest BCUT2D eigenvalue weighted by Gasteiger charge is -2.28. The Morgan fingerprint density at radius 2 is 1.69 bits per heavy atom. The maximum atomic E-state index is 13.4. The van der Waals surface area contributed by atoms with E-state index in [4.69, 9.17) is 14.2 Å². The lowest BCUT2D eigenvalue weighted by molar-refractivity contribution is -0.140. The molecule has 1 atom stereocenters. The smallest absolute Gasteiger partial charge is 0.338 e. The first-order valence-corrected chi connectivity index (χ1v) is 12.5. The first-order valence-electron chi connectivity index (χ1n) is 12.5. The first kappa shape index (κ1) is 24.3. The second-order valence-corrected chi connectivity index (χ2v) is 8.92. The molecule has 0 saturated carbocycles. The van der Waals surface area contributed by atoms with E-state index in [1.807, 2.05) is 78.9 Å². The monoisotopic (exact) mass is 485 g/mol. The summed E-state index contributed by atoms with van der Waals surface area (Å²) in [6.45, 7) is 6.58. The van der Waals surface area contributed by atoms with Crippen LogP contribution in [-0.4, -0.2) is 62.0 Å². The van der Waals surface area contributed by atoms with Crippen LogP contribution in [0, 0.1) is 0 Å². The van der Waals surface area contributed by atoms with E-state index in [0.717, 1.165) is 44.0 Å². The van der Waals surface area contributed by atoms with Crippen LogP contribution in [0.2, 0.25) is 0 Å². The number of esters is 1. The molecule has 6 heteroatoms. The Labute approximate surface area is 211 Å². The average Bonchev–Trinajstić information content (AvgIpc) is 3.20. The molecule has 2 aliphatic rings. The fourth-order valence-electron chi connectivity index (χ4n) is 5.03. The molecule has 3 aromatic carbocycles. The molecule has 1 N–H and O–H groups in total. The van der Waals surface area contributed by atoms with Gasteiger partial charge in [-0.25, -0.2) is 4.79 Å². The minimum atomic E-state index is -1.68. The predicted octanol–water partition coefficient (Wildman–Crippen LogP) is 4.01. The third kappa shape index (κ3) is 4.55. The molecule has 36 heavy (non-hydrogen) atoms. The van der Waals surface area contributed by atoms with Gasteiger partial charge >= 0.3 is 5.97 Å². The predicted molar refractivity (Wildman–Crippen MR) is 138 cm³/mol. The van der Waals surface area contributed by atoms with Crippen LogP contribution in [-0.2, 0) is 19.9 Å². The summed E-state index contributed by atoms with van der Waals surface area (Å²) in [5.41, 5.74) is 2.06. The van der Waals surface area contributed by atoms with Crippen molar-refractivity contribution in [3.05, 3.63) is 107 Å². The molecule has 1 unspecified atom stereocenters. The van der Waals surface area contributed by atoms with Gasteiger partial charge in [-0.2, -0.15) is 0 Å². The molecular formula is C30H31NO5. The summed E-state index contributed by atoms with van der Waals surface area (Å²) < 4.78 is 17.0. The molecule has 0 radical (unpaired) electrons. The normalized spacial score (nSPS) is 19.7. The highest BCUT2D eigenvalue weighted by molar-refractivity contribution is 6.08. The first-order chi connectivity index (χ1) is 17.6. The zero-order valence-electron chi connectivity index (χ0n) is 20.5. The summed E-state index contributed by atoms with van der Waals surface area (Å²) in [6.07, 6.45) is 0. The SMILES string of the molecule is CCOC(=O)C1=C(c2ccccc2)c2ccc(OCCN3CCOCC3)cc2C1(O)c1ccccc1. The number of fused-ring (bicyclic) bond motifs is 1. The second-order valence-electron chi connectivity index (χ2n) is 8.92. The molecule has 1 saturated heterocycles. The van der Waals surface area contributed by atoms with Crippen LogP contribution in [0.15, 0.2) is 84.4 Å². The van der Waals surface area contributed by atoms with Crippen molar-refractivity contribution >= 4 is 11.5 Å². The molecule has 1 fully saturated rings. The van der Waals surface area contributed by atoms with Crippen LogP contribution >= 0.6 is 0 Å². The summed E-state index contributed by atoms with van der Waals surface area (Å²) >= 11 is 0. The molecule has 0 amide bonds. The summed E-state index contributed by atoms with van der Waals surface area (Å²) in [5.74, 6) is 0.113. The lowest BCUT2D eigenvalue weighted by atomic mass is 9.83. The third-order valence-corrected chi connectivity index (χ3v) is 6.78. The summed E-state index contributed by atoms with van der Waals surface area (Å²) in [5, 5.41) is 12.4. The number of morpholine rings is 1. The maximum absolute atomic E-state index is 13.4. The standard InChI is InChI=1S/C30H31NO5/c1-2-35-29(32)28-27(22-9-5-3-6-10-22)25-14-13-24(36-20-17-31-15-18-34-19-16-31)21-26(25)30(28,33)23-11-7-4-8-12-23/h3-14,21,33H,2,15-20H2,1H3. The zero-order valence-corrected chi connectivity index (χ0v) is 20.5. The summed E-state index contributed by atoms with van der Waals surface area (Å²) in [4.78, 5) is 15.7. The molecule has 1 aliphatic heterocycles. The highest BCUT2D eigenvalue weighted by atomic mass is 16.5. The highest BCUT2D eigenvalue weighted by Crippen LogP contribution is 2.52. The molecule has 5 rings (SSSR count). The second kappa shape index (κ2) is 10.7. The Hall–Kier alpha value is -3.45. The van der Waals surface area contributed by atoms with Gasteiger partial charge in [-0.1, -0.05) is 66.7 Å². The molecule has 3 aromatic rings. The van der Waals surface area contributed by atoms with E-state index in [-0.39, 0.29) is 12.2 Å². The Morgan fingerprint density at radius 1 is 1.00 bits per heavy atom. The number of carbonyl (C=O) groups excluding carboxylic acids is 1. The quantitative estimate of drug-likeness (QED) is 0.487. The van der Waals surface area contributed by atoms with Crippen LogP contribution in [0.1, 0.15) is 29.2 Å². The van der Waals surface area contributed by atoms with Gasteiger partial charge in [-0.05, 0) is 35.7 Å². The van der Waals surface area contributed by atoms with Gasteiger partial charge in [0, 0.05) is 30.8 Å². The fourth-order valence-corrected chi connectivity index (χ4v) is 5.03. The van der Waals surface area contributed by atoms with E-state index in [1.165, 1.54) is 0 Å². The van der Waals surface area contributed by atoms with Gasteiger partial charge < -0.3 is 19.3 Å². The Kier molecular flexibility index (Phi) is 7.18. The molecule has 1 heterocycles. The van der Waals surface area contributed by atoms with Gasteiger partial charge in [0.1, 0.15) is 18.0 Å². The number of aliphatic hydroxyl groups is 1. The molecular weight excluding hydrogens is 454 g/mol.